The van der Waals surface area contributed by atoms with Crippen molar-refractivity contribution in [1.82, 2.24) is 0 Å². The van der Waals surface area contributed by atoms with Crippen LogP contribution in [0, 0.1) is 5.41 Å². The Bertz CT molecular complexity index is 337. The third-order valence-electron chi connectivity index (χ3n) is 2.92. The van der Waals surface area contributed by atoms with Gasteiger partial charge in [-0.25, -0.2) is 0 Å². The van der Waals surface area contributed by atoms with Crippen LogP contribution in [0.5, 0.6) is 0 Å². The van der Waals surface area contributed by atoms with Gasteiger partial charge in [0, 0.05) is 11.4 Å². The highest BCUT2D eigenvalue weighted by Crippen LogP contribution is 2.31. The number of hydrogen-bond acceptors (Lipinski definition) is 4. The molecule has 17 heavy (non-hydrogen) atoms. The van der Waals surface area contributed by atoms with Gasteiger partial charge in [0.25, 0.3) is 0 Å². The van der Waals surface area contributed by atoms with Gasteiger partial charge in [-0.3, -0.25) is 4.79 Å². The van der Waals surface area contributed by atoms with Gasteiger partial charge in [0.1, 0.15) is 0 Å². The number of thiophene rings is 1. The zero-order chi connectivity index (χ0) is 12.7. The Kier molecular flexibility index (Phi) is 5.65. The molecule has 0 bridgehead atoms. The summed E-state index contributed by atoms with van der Waals surface area (Å²) in [5.41, 5.74) is 5.30. The molecule has 0 saturated heterocycles. The second-order valence-electron chi connectivity index (χ2n) is 4.21. The normalized spacial score (nSPS) is 14.3. The van der Waals surface area contributed by atoms with Gasteiger partial charge < -0.3 is 10.5 Å². The first-order chi connectivity index (χ1) is 8.18. The maximum atomic E-state index is 12.1. The van der Waals surface area contributed by atoms with E-state index in [4.69, 9.17) is 10.5 Å². The summed E-state index contributed by atoms with van der Waals surface area (Å²) in [6, 6.07) is 4.04. The first-order valence-electron chi connectivity index (χ1n) is 6.08. The standard InChI is InChI=1S/C13H21NO2S/c1-3-7-13(10-14,12(15)16-4-2)9-11-6-5-8-17-11/h5-6,8H,3-4,7,9-10,14H2,1-2H3. The van der Waals surface area contributed by atoms with Crippen molar-refractivity contribution in [1.29, 1.82) is 0 Å². The largest absolute Gasteiger partial charge is 0.466 e. The fourth-order valence-corrected chi connectivity index (χ4v) is 2.88. The van der Waals surface area contributed by atoms with Crippen molar-refractivity contribution in [3.05, 3.63) is 22.4 Å². The summed E-state index contributed by atoms with van der Waals surface area (Å²) in [6.45, 7) is 4.65. The Labute approximate surface area is 107 Å². The lowest BCUT2D eigenvalue weighted by molar-refractivity contribution is -0.155. The molecule has 3 nitrogen and oxygen atoms in total. The molecular weight excluding hydrogens is 234 g/mol. The number of hydrogen-bond donors (Lipinski definition) is 1. The van der Waals surface area contributed by atoms with Gasteiger partial charge >= 0.3 is 5.97 Å². The van der Waals surface area contributed by atoms with E-state index in [0.717, 1.165) is 12.8 Å². The molecule has 0 aliphatic carbocycles. The maximum absolute atomic E-state index is 12.1. The Balaban J connectivity index is 2.87. The van der Waals surface area contributed by atoms with Crippen molar-refractivity contribution in [3.8, 4) is 0 Å². The van der Waals surface area contributed by atoms with Crippen LogP contribution in [0.25, 0.3) is 0 Å². The van der Waals surface area contributed by atoms with Crippen LogP contribution in [-0.2, 0) is 16.0 Å². The van der Waals surface area contributed by atoms with Crippen LogP contribution in [-0.4, -0.2) is 19.1 Å². The summed E-state index contributed by atoms with van der Waals surface area (Å²) in [5.74, 6) is -0.155. The van der Waals surface area contributed by atoms with Crippen LogP contribution in [0.15, 0.2) is 17.5 Å². The lowest BCUT2D eigenvalue weighted by Gasteiger charge is -2.29. The highest BCUT2D eigenvalue weighted by Gasteiger charge is 2.38. The first kappa shape index (κ1) is 14.2. The van der Waals surface area contributed by atoms with Crippen molar-refractivity contribution < 1.29 is 9.53 Å². The molecule has 1 unspecified atom stereocenters. The average Bonchev–Trinajstić information content (AvgIpc) is 2.81. The van der Waals surface area contributed by atoms with Crippen molar-refractivity contribution in [2.24, 2.45) is 11.1 Å². The molecule has 1 aromatic heterocycles. The van der Waals surface area contributed by atoms with E-state index in [1.165, 1.54) is 4.88 Å². The quantitative estimate of drug-likeness (QED) is 0.762. The molecule has 0 fully saturated rings. The van der Waals surface area contributed by atoms with Crippen molar-refractivity contribution >= 4 is 17.3 Å². The summed E-state index contributed by atoms with van der Waals surface area (Å²) < 4.78 is 5.19. The number of carbonyl (C=O) groups excluding carboxylic acids is 1. The summed E-state index contributed by atoms with van der Waals surface area (Å²) in [6.07, 6.45) is 2.40. The summed E-state index contributed by atoms with van der Waals surface area (Å²) >= 11 is 1.66. The van der Waals surface area contributed by atoms with E-state index in [2.05, 4.69) is 6.92 Å². The van der Waals surface area contributed by atoms with Crippen molar-refractivity contribution in [3.63, 3.8) is 0 Å². The van der Waals surface area contributed by atoms with E-state index < -0.39 is 5.41 Å². The van der Waals surface area contributed by atoms with Crippen LogP contribution >= 0.6 is 11.3 Å². The zero-order valence-electron chi connectivity index (χ0n) is 10.6. The highest BCUT2D eigenvalue weighted by atomic mass is 32.1. The summed E-state index contributed by atoms with van der Waals surface area (Å²) in [7, 11) is 0. The number of carbonyl (C=O) groups is 1. The number of esters is 1. The molecule has 0 saturated carbocycles. The lowest BCUT2D eigenvalue weighted by atomic mass is 9.79. The predicted molar refractivity (Wildman–Crippen MR) is 71.1 cm³/mol. The Hall–Kier alpha value is -0.870. The molecule has 0 aliphatic heterocycles. The minimum atomic E-state index is -0.546. The fraction of sp³-hybridized carbons (Fsp3) is 0.615. The zero-order valence-corrected chi connectivity index (χ0v) is 11.4. The monoisotopic (exact) mass is 255 g/mol. The molecule has 0 amide bonds. The molecule has 0 spiro atoms. The molecule has 0 radical (unpaired) electrons. The second-order valence-corrected chi connectivity index (χ2v) is 5.24. The highest BCUT2D eigenvalue weighted by molar-refractivity contribution is 7.09. The van der Waals surface area contributed by atoms with Gasteiger partial charge in [0.15, 0.2) is 0 Å². The van der Waals surface area contributed by atoms with Gasteiger partial charge in [-0.2, -0.15) is 0 Å². The van der Waals surface area contributed by atoms with Crippen LogP contribution in [0.4, 0.5) is 0 Å². The van der Waals surface area contributed by atoms with Gasteiger partial charge in [0.05, 0.1) is 12.0 Å². The van der Waals surface area contributed by atoms with E-state index >= 15 is 0 Å². The second kappa shape index (κ2) is 6.77. The molecule has 1 heterocycles. The SMILES string of the molecule is CCCC(CN)(Cc1cccs1)C(=O)OCC. The molecule has 1 atom stereocenters. The summed E-state index contributed by atoms with van der Waals surface area (Å²) in [4.78, 5) is 13.3. The topological polar surface area (TPSA) is 52.3 Å². The Morgan fingerprint density at radius 1 is 1.53 bits per heavy atom. The molecular formula is C13H21NO2S. The van der Waals surface area contributed by atoms with E-state index in [1.54, 1.807) is 11.3 Å². The van der Waals surface area contributed by atoms with Crippen molar-refractivity contribution in [2.75, 3.05) is 13.2 Å². The molecule has 1 aromatic rings. The van der Waals surface area contributed by atoms with E-state index in [0.29, 0.717) is 19.6 Å². The Morgan fingerprint density at radius 3 is 2.76 bits per heavy atom. The minimum Gasteiger partial charge on any atom is -0.466 e. The molecule has 2 N–H and O–H groups in total. The maximum Gasteiger partial charge on any atom is 0.313 e. The average molecular weight is 255 g/mol. The number of rotatable bonds is 7. The van der Waals surface area contributed by atoms with E-state index in [-0.39, 0.29) is 5.97 Å². The van der Waals surface area contributed by atoms with Gasteiger partial charge in [-0.1, -0.05) is 19.4 Å². The van der Waals surface area contributed by atoms with E-state index in [9.17, 15) is 4.79 Å². The van der Waals surface area contributed by atoms with Gasteiger partial charge in [0.2, 0.25) is 0 Å². The third kappa shape index (κ3) is 3.54. The van der Waals surface area contributed by atoms with Crippen LogP contribution in [0.1, 0.15) is 31.6 Å². The van der Waals surface area contributed by atoms with Gasteiger partial charge in [-0.15, -0.1) is 11.3 Å². The van der Waals surface area contributed by atoms with E-state index in [1.807, 2.05) is 24.4 Å². The molecule has 4 heteroatoms. The molecule has 0 aliphatic rings. The van der Waals surface area contributed by atoms with Crippen molar-refractivity contribution in [2.45, 2.75) is 33.1 Å². The molecule has 0 aromatic carbocycles. The lowest BCUT2D eigenvalue weighted by Crippen LogP contribution is -2.41. The van der Waals surface area contributed by atoms with Crippen LogP contribution in [0.2, 0.25) is 0 Å². The third-order valence-corrected chi connectivity index (χ3v) is 3.80. The summed E-state index contributed by atoms with van der Waals surface area (Å²) in [5, 5.41) is 2.02. The smallest absolute Gasteiger partial charge is 0.313 e. The van der Waals surface area contributed by atoms with Crippen LogP contribution < -0.4 is 5.73 Å². The molecule has 1 rings (SSSR count). The minimum absolute atomic E-state index is 0.155. The number of ether oxygens (including phenoxy) is 1. The number of nitrogens with two attached hydrogens (primary N) is 1. The van der Waals surface area contributed by atoms with Crippen LogP contribution in [0.3, 0.4) is 0 Å². The predicted octanol–water partition coefficient (Wildman–Crippen LogP) is 2.60. The Morgan fingerprint density at radius 2 is 2.29 bits per heavy atom. The fourth-order valence-electron chi connectivity index (χ4n) is 2.03. The van der Waals surface area contributed by atoms with Gasteiger partial charge in [-0.05, 0) is 31.2 Å². The first-order valence-corrected chi connectivity index (χ1v) is 6.96. The molecule has 96 valence electrons.